The van der Waals surface area contributed by atoms with Crippen LogP contribution in [0.2, 0.25) is 10.0 Å². The number of carbonyl (C=O) groups excluding carboxylic acids is 1. The number of halogens is 2. The predicted octanol–water partition coefficient (Wildman–Crippen LogP) is 1.44. The summed E-state index contributed by atoms with van der Waals surface area (Å²) in [6.45, 7) is 1.79. The number of carbonyl (C=O) groups is 2. The monoisotopic (exact) mass is 416 g/mol. The molecule has 2 aromatic rings. The Morgan fingerprint density at radius 1 is 1.41 bits per heavy atom. The Labute approximate surface area is 164 Å². The molecule has 1 fully saturated rings. The highest BCUT2D eigenvalue weighted by Gasteiger charge is 2.35. The summed E-state index contributed by atoms with van der Waals surface area (Å²) in [5.41, 5.74) is 1.07. The molecule has 0 aliphatic carbocycles. The van der Waals surface area contributed by atoms with Crippen LogP contribution in [0.4, 0.5) is 4.79 Å². The number of carboxylic acid groups (broad SMARTS) is 1. The Balaban J connectivity index is 1.83. The van der Waals surface area contributed by atoms with Crippen molar-refractivity contribution < 1.29 is 19.8 Å². The molecule has 10 nitrogen and oxygen atoms in total. The lowest BCUT2D eigenvalue weighted by Crippen LogP contribution is -2.53. The molecule has 146 valence electrons. The topological polar surface area (TPSA) is 136 Å². The minimum atomic E-state index is -1.05. The van der Waals surface area contributed by atoms with E-state index in [2.05, 4.69) is 20.6 Å². The number of piperidine rings is 1. The molecule has 0 saturated carbocycles. The van der Waals surface area contributed by atoms with Crippen molar-refractivity contribution in [2.45, 2.75) is 32.0 Å². The summed E-state index contributed by atoms with van der Waals surface area (Å²) in [7, 11) is 0. The number of hydrogen-bond acceptors (Lipinski definition) is 5. The molecule has 1 aliphatic rings. The number of H-pyrrole nitrogens is 1. The molecule has 0 radical (unpaired) electrons. The molecule has 4 N–H and O–H groups in total. The first kappa shape index (κ1) is 19.5. The molecule has 2 amide bonds. The van der Waals surface area contributed by atoms with Crippen molar-refractivity contribution in [2.24, 2.45) is 0 Å². The average molecular weight is 417 g/mol. The highest BCUT2D eigenvalue weighted by Crippen LogP contribution is 2.30. The van der Waals surface area contributed by atoms with E-state index in [1.807, 2.05) is 0 Å². The molecule has 27 heavy (non-hydrogen) atoms. The minimum absolute atomic E-state index is 0.118. The summed E-state index contributed by atoms with van der Waals surface area (Å²) in [5.74, 6) is -0.448. The normalized spacial score (nSPS) is 19.9. The summed E-state index contributed by atoms with van der Waals surface area (Å²) < 4.78 is 1.46. The maximum atomic E-state index is 12.7. The van der Waals surface area contributed by atoms with Crippen molar-refractivity contribution in [3.8, 4) is 0 Å². The molecular formula is C15H18Cl2N6O4. The molecule has 0 spiro atoms. The van der Waals surface area contributed by atoms with Crippen molar-refractivity contribution >= 4 is 35.2 Å². The molecule has 0 aromatic carbocycles. The molecule has 1 aliphatic heterocycles. The van der Waals surface area contributed by atoms with Gasteiger partial charge >= 0.3 is 6.09 Å². The number of likely N-dealkylation sites (tertiary alicyclic amines) is 1. The molecular weight excluding hydrogens is 399 g/mol. The van der Waals surface area contributed by atoms with Gasteiger partial charge in [0.2, 0.25) is 0 Å². The summed E-state index contributed by atoms with van der Waals surface area (Å²) in [6, 6.07) is -0.906. The van der Waals surface area contributed by atoms with Crippen LogP contribution in [-0.4, -0.2) is 66.2 Å². The Morgan fingerprint density at radius 2 is 2.15 bits per heavy atom. The van der Waals surface area contributed by atoms with Crippen molar-refractivity contribution in [1.82, 2.24) is 30.2 Å². The van der Waals surface area contributed by atoms with Gasteiger partial charge in [-0.25, -0.2) is 9.48 Å². The van der Waals surface area contributed by atoms with E-state index in [9.17, 15) is 19.8 Å². The lowest BCUT2D eigenvalue weighted by Gasteiger charge is -2.37. The zero-order valence-corrected chi connectivity index (χ0v) is 15.8. The standard InChI is InChI=1S/C15H18Cl2N6O4/c1-7-11(16)12(17)13(18-7)14(25)19-9-2-3-22(15(26)27)5-10(9)23-4-8(6-24)20-21-23/h4,9-10,18,24H,2-3,5-6H2,1H3,(H,19,25)(H,26,27)/t9-,10+/m1/s1. The van der Waals surface area contributed by atoms with E-state index < -0.39 is 24.1 Å². The van der Waals surface area contributed by atoms with Gasteiger partial charge in [-0.2, -0.15) is 0 Å². The Morgan fingerprint density at radius 3 is 2.70 bits per heavy atom. The number of hydrogen-bond donors (Lipinski definition) is 4. The molecule has 3 heterocycles. The predicted molar refractivity (Wildman–Crippen MR) is 96.0 cm³/mol. The smallest absolute Gasteiger partial charge is 0.407 e. The minimum Gasteiger partial charge on any atom is -0.465 e. The van der Waals surface area contributed by atoms with E-state index in [0.29, 0.717) is 17.8 Å². The van der Waals surface area contributed by atoms with Crippen LogP contribution in [0, 0.1) is 6.92 Å². The van der Waals surface area contributed by atoms with E-state index in [4.69, 9.17) is 23.2 Å². The second kappa shape index (κ2) is 7.75. The highest BCUT2D eigenvalue weighted by atomic mass is 35.5. The zero-order chi connectivity index (χ0) is 19.7. The molecule has 2 atom stereocenters. The number of nitrogens with zero attached hydrogens (tertiary/aromatic N) is 4. The molecule has 12 heteroatoms. The van der Waals surface area contributed by atoms with Gasteiger partial charge in [-0.3, -0.25) is 4.79 Å². The first-order valence-electron chi connectivity index (χ1n) is 8.15. The number of amides is 2. The molecule has 0 unspecified atom stereocenters. The second-order valence-corrected chi connectivity index (χ2v) is 7.02. The number of aromatic nitrogens is 4. The van der Waals surface area contributed by atoms with Crippen molar-refractivity contribution in [2.75, 3.05) is 13.1 Å². The van der Waals surface area contributed by atoms with Gasteiger partial charge in [0.15, 0.2) is 0 Å². The van der Waals surface area contributed by atoms with E-state index >= 15 is 0 Å². The largest absolute Gasteiger partial charge is 0.465 e. The fraction of sp³-hybridized carbons (Fsp3) is 0.467. The highest BCUT2D eigenvalue weighted by molar-refractivity contribution is 6.44. The van der Waals surface area contributed by atoms with Gasteiger partial charge in [0.05, 0.1) is 34.9 Å². The van der Waals surface area contributed by atoms with Crippen LogP contribution in [0.15, 0.2) is 6.20 Å². The van der Waals surface area contributed by atoms with E-state index in [-0.39, 0.29) is 35.4 Å². The van der Waals surface area contributed by atoms with Crippen LogP contribution in [0.3, 0.4) is 0 Å². The maximum Gasteiger partial charge on any atom is 0.407 e. The number of aliphatic hydroxyl groups is 1. The lowest BCUT2D eigenvalue weighted by atomic mass is 9.99. The van der Waals surface area contributed by atoms with Crippen LogP contribution in [0.1, 0.15) is 34.3 Å². The van der Waals surface area contributed by atoms with Crippen LogP contribution in [-0.2, 0) is 6.61 Å². The molecule has 0 bridgehead atoms. The van der Waals surface area contributed by atoms with Gasteiger partial charge in [0.1, 0.15) is 11.4 Å². The van der Waals surface area contributed by atoms with Gasteiger partial charge < -0.3 is 25.4 Å². The van der Waals surface area contributed by atoms with E-state index in [1.165, 1.54) is 15.8 Å². The summed E-state index contributed by atoms with van der Waals surface area (Å²) in [6.07, 6.45) is 0.849. The van der Waals surface area contributed by atoms with Gasteiger partial charge in [-0.15, -0.1) is 5.10 Å². The van der Waals surface area contributed by atoms with Crippen LogP contribution >= 0.6 is 23.2 Å². The third-order valence-electron chi connectivity index (χ3n) is 4.51. The Bertz CT molecular complexity index is 867. The Kier molecular flexibility index (Phi) is 5.59. The van der Waals surface area contributed by atoms with E-state index in [1.54, 1.807) is 6.92 Å². The molecule has 1 saturated heterocycles. The maximum absolute atomic E-state index is 12.7. The van der Waals surface area contributed by atoms with Crippen LogP contribution in [0.25, 0.3) is 0 Å². The van der Waals surface area contributed by atoms with Gasteiger partial charge in [0, 0.05) is 18.8 Å². The zero-order valence-electron chi connectivity index (χ0n) is 14.3. The average Bonchev–Trinajstić information content (AvgIpc) is 3.22. The third kappa shape index (κ3) is 3.87. The summed E-state index contributed by atoms with van der Waals surface area (Å²) in [5, 5.41) is 29.5. The molecule has 3 rings (SSSR count). The molecule has 2 aromatic heterocycles. The fourth-order valence-corrected chi connectivity index (χ4v) is 3.47. The van der Waals surface area contributed by atoms with E-state index in [0.717, 1.165) is 0 Å². The summed E-state index contributed by atoms with van der Waals surface area (Å²) in [4.78, 5) is 28.1. The van der Waals surface area contributed by atoms with Gasteiger partial charge in [0.25, 0.3) is 5.91 Å². The Hall–Kier alpha value is -2.30. The number of aromatic amines is 1. The van der Waals surface area contributed by atoms with Gasteiger partial charge in [-0.1, -0.05) is 28.4 Å². The fourth-order valence-electron chi connectivity index (χ4n) is 3.06. The number of aryl methyl sites for hydroxylation is 1. The van der Waals surface area contributed by atoms with Crippen LogP contribution in [0.5, 0.6) is 0 Å². The quantitative estimate of drug-likeness (QED) is 0.594. The second-order valence-electron chi connectivity index (χ2n) is 6.27. The van der Waals surface area contributed by atoms with Crippen LogP contribution < -0.4 is 5.32 Å². The van der Waals surface area contributed by atoms with Crippen molar-refractivity contribution in [3.63, 3.8) is 0 Å². The van der Waals surface area contributed by atoms with Crippen molar-refractivity contribution in [3.05, 3.63) is 33.3 Å². The number of nitrogens with one attached hydrogen (secondary N) is 2. The third-order valence-corrected chi connectivity index (χ3v) is 5.46. The first-order chi connectivity index (χ1) is 12.8. The number of rotatable bonds is 4. The first-order valence-corrected chi connectivity index (χ1v) is 8.91. The van der Waals surface area contributed by atoms with Crippen molar-refractivity contribution in [1.29, 1.82) is 0 Å². The lowest BCUT2D eigenvalue weighted by molar-refractivity contribution is 0.0828. The van der Waals surface area contributed by atoms with Gasteiger partial charge in [-0.05, 0) is 13.3 Å². The number of aliphatic hydroxyl groups excluding tert-OH is 1. The SMILES string of the molecule is Cc1[nH]c(C(=O)N[C@@H]2CCN(C(=O)O)C[C@@H]2n2cc(CO)nn2)c(Cl)c1Cl. The summed E-state index contributed by atoms with van der Waals surface area (Å²) >= 11 is 12.1.